The first-order chi connectivity index (χ1) is 26.3. The zero-order valence-electron chi connectivity index (χ0n) is 31.7. The van der Waals surface area contributed by atoms with E-state index in [9.17, 15) is 9.59 Å². The number of pyridine rings is 2. The summed E-state index contributed by atoms with van der Waals surface area (Å²) in [5.41, 5.74) is 7.53. The molecule has 4 aromatic rings. The highest BCUT2D eigenvalue weighted by Crippen LogP contribution is 2.34. The van der Waals surface area contributed by atoms with Crippen molar-refractivity contribution in [1.82, 2.24) is 35.4 Å². The molecule has 0 saturated heterocycles. The number of hydrogen-bond donors (Lipinski definition) is 5. The van der Waals surface area contributed by atoms with Gasteiger partial charge in [-0.1, -0.05) is 52.5 Å². The molecule has 11 nitrogen and oxygen atoms in total. The molecule has 0 amide bonds. The van der Waals surface area contributed by atoms with Gasteiger partial charge in [0.2, 0.25) is 0 Å². The number of anilines is 1. The summed E-state index contributed by atoms with van der Waals surface area (Å²) in [7, 11) is 0. The number of nitrogens with one attached hydrogen (secondary N) is 5. The zero-order chi connectivity index (χ0) is 39.6. The largest absolute Gasteiger partial charge is 0.463 e. The van der Waals surface area contributed by atoms with E-state index in [4.69, 9.17) is 9.72 Å². The van der Waals surface area contributed by atoms with Crippen LogP contribution in [0, 0.1) is 12.7 Å². The van der Waals surface area contributed by atoms with Crippen LogP contribution in [0.15, 0.2) is 103 Å². The number of allylic oxidation sites excluding steroid dienone is 1. The molecule has 0 saturated carbocycles. The van der Waals surface area contributed by atoms with E-state index >= 15 is 4.39 Å². The van der Waals surface area contributed by atoms with Crippen molar-refractivity contribution in [3.63, 3.8) is 0 Å². The van der Waals surface area contributed by atoms with Crippen LogP contribution in [0.25, 0.3) is 35.4 Å². The molecule has 0 bridgehead atoms. The van der Waals surface area contributed by atoms with Crippen molar-refractivity contribution in [2.75, 3.05) is 31.5 Å². The van der Waals surface area contributed by atoms with E-state index in [1.807, 2.05) is 24.3 Å². The number of halogens is 1. The molecule has 3 aromatic heterocycles. The average Bonchev–Trinajstić information content (AvgIpc) is 3.67. The molecule has 55 heavy (non-hydrogen) atoms. The molecule has 5 N–H and O–H groups in total. The number of carbonyl (C=O) groups excluding carboxylic acids is 1. The minimum atomic E-state index is -0.486. The fourth-order valence-corrected chi connectivity index (χ4v) is 6.37. The lowest BCUT2D eigenvalue weighted by atomic mass is 10.1. The van der Waals surface area contributed by atoms with Gasteiger partial charge in [-0.2, -0.15) is 0 Å². The number of aromatic nitrogens is 3. The van der Waals surface area contributed by atoms with Crippen molar-refractivity contribution in [2.45, 2.75) is 52.3 Å². The van der Waals surface area contributed by atoms with Crippen LogP contribution in [0.4, 0.5) is 10.1 Å². The van der Waals surface area contributed by atoms with Crippen molar-refractivity contribution >= 4 is 36.2 Å². The predicted molar refractivity (Wildman–Crippen MR) is 221 cm³/mol. The number of fused-ring (bicyclic) bond motifs is 4. The molecule has 0 fully saturated rings. The smallest absolute Gasteiger partial charge is 0.293 e. The van der Waals surface area contributed by atoms with Gasteiger partial charge in [0.15, 0.2) is 0 Å². The predicted octanol–water partition coefficient (Wildman–Crippen LogP) is 4.77. The minimum Gasteiger partial charge on any atom is -0.463 e. The first-order valence-electron chi connectivity index (χ1n) is 18.2. The van der Waals surface area contributed by atoms with E-state index in [-0.39, 0.29) is 17.9 Å². The summed E-state index contributed by atoms with van der Waals surface area (Å²) in [5, 5.41) is 18.8. The van der Waals surface area contributed by atoms with Gasteiger partial charge in [0.05, 0.1) is 60.9 Å². The van der Waals surface area contributed by atoms with Gasteiger partial charge in [0.25, 0.3) is 12.0 Å². The van der Waals surface area contributed by atoms with E-state index in [0.29, 0.717) is 84.0 Å². The summed E-state index contributed by atoms with van der Waals surface area (Å²) >= 11 is 0. The second-order valence-corrected chi connectivity index (χ2v) is 13.8. The van der Waals surface area contributed by atoms with Gasteiger partial charge in [-0.25, -0.2) is 9.37 Å². The lowest BCUT2D eigenvalue weighted by Gasteiger charge is -2.17. The van der Waals surface area contributed by atoms with E-state index in [2.05, 4.69) is 77.2 Å². The summed E-state index contributed by atoms with van der Waals surface area (Å²) in [6.07, 6.45) is 4.13. The third-order valence-corrected chi connectivity index (χ3v) is 9.51. The molecule has 1 aromatic carbocycles. The van der Waals surface area contributed by atoms with Crippen LogP contribution in [0.3, 0.4) is 0 Å². The van der Waals surface area contributed by atoms with Crippen molar-refractivity contribution < 1.29 is 13.9 Å². The summed E-state index contributed by atoms with van der Waals surface area (Å²) in [5.74, 6) is -0.486. The van der Waals surface area contributed by atoms with E-state index in [1.165, 1.54) is 6.07 Å². The van der Waals surface area contributed by atoms with Crippen LogP contribution >= 0.6 is 0 Å². The van der Waals surface area contributed by atoms with E-state index in [1.54, 1.807) is 17.6 Å². The molecule has 1 aliphatic heterocycles. The number of carbonyl (C=O) groups is 1. The number of hydrogen-bond acceptors (Lipinski definition) is 9. The molecule has 0 unspecified atom stereocenters. The van der Waals surface area contributed by atoms with Crippen LogP contribution in [-0.2, 0) is 29.2 Å². The normalized spacial score (nSPS) is 11.3. The molecule has 288 valence electrons. The van der Waals surface area contributed by atoms with Gasteiger partial charge >= 0.3 is 0 Å². The Morgan fingerprint density at radius 2 is 1.47 bits per heavy atom. The summed E-state index contributed by atoms with van der Waals surface area (Å²) < 4.78 is 23.9. The minimum absolute atomic E-state index is 0.100. The molecular weight excluding hydrogens is 696 g/mol. The Morgan fingerprint density at radius 3 is 2.11 bits per heavy atom. The third-order valence-electron chi connectivity index (χ3n) is 9.51. The topological polar surface area (TPSA) is 126 Å². The molecule has 4 heterocycles. The summed E-state index contributed by atoms with van der Waals surface area (Å²) in [6, 6.07) is 10.8. The number of benzene rings is 1. The quantitative estimate of drug-likeness (QED) is 0.0475. The standard InChI is InChI=1S/C43H51FN8O3/c1-27-16-41-42-36(24-52(41)43(54)37(27)25-55-26-53)17-35-18-40(38(44)19-39(35)50-42)49-32(6)23-48-31(5)22-47-30(4)21-46-29(3)20-45-28(2)12-10-9-11-15-51-33(7)13-14-34(51)8/h13-14,16-19,26,45-49H,2-12,15,20-25H2,1H3. The number of aryl methyl sites for hydroxylation is 1. The van der Waals surface area contributed by atoms with Crippen molar-refractivity contribution in [3.05, 3.63) is 141 Å². The van der Waals surface area contributed by atoms with Crippen molar-refractivity contribution in [3.8, 4) is 11.4 Å². The Kier molecular flexibility index (Phi) is 13.2. The number of unbranched alkanes of at least 4 members (excludes halogenated alkanes) is 2. The molecular formula is C43H51FN8O3. The fourth-order valence-electron chi connectivity index (χ4n) is 6.37. The van der Waals surface area contributed by atoms with Gasteiger partial charge in [0, 0.05) is 62.7 Å². The lowest BCUT2D eigenvalue weighted by Crippen LogP contribution is -2.31. The summed E-state index contributed by atoms with van der Waals surface area (Å²) in [4.78, 5) is 28.6. The molecule has 5 rings (SSSR count). The van der Waals surface area contributed by atoms with Gasteiger partial charge in [-0.05, 0) is 62.1 Å². The molecule has 1 aliphatic rings. The Balaban J connectivity index is 0.995. The Morgan fingerprint density at radius 1 is 0.855 bits per heavy atom. The monoisotopic (exact) mass is 746 g/mol. The van der Waals surface area contributed by atoms with Gasteiger partial charge in [-0.3, -0.25) is 9.59 Å². The van der Waals surface area contributed by atoms with E-state index in [0.717, 1.165) is 65.6 Å². The maximum atomic E-state index is 15.3. The van der Waals surface area contributed by atoms with Gasteiger partial charge in [0.1, 0.15) is 12.4 Å². The van der Waals surface area contributed by atoms with Crippen LogP contribution in [0.2, 0.25) is 0 Å². The van der Waals surface area contributed by atoms with Crippen molar-refractivity contribution in [1.29, 1.82) is 0 Å². The zero-order valence-corrected chi connectivity index (χ0v) is 31.7. The van der Waals surface area contributed by atoms with Crippen LogP contribution in [0.5, 0.6) is 0 Å². The maximum absolute atomic E-state index is 15.3. The van der Waals surface area contributed by atoms with Crippen LogP contribution < -0.4 is 42.8 Å². The van der Waals surface area contributed by atoms with Gasteiger partial charge in [-0.15, -0.1) is 0 Å². The van der Waals surface area contributed by atoms with E-state index < -0.39 is 5.82 Å². The highest BCUT2D eigenvalue weighted by molar-refractivity contribution is 5.87. The number of ether oxygens (including phenoxy) is 1. The first-order valence-corrected chi connectivity index (χ1v) is 18.2. The Labute approximate surface area is 321 Å². The molecule has 0 aliphatic carbocycles. The second-order valence-electron chi connectivity index (χ2n) is 13.8. The number of rotatable bonds is 23. The highest BCUT2D eigenvalue weighted by Gasteiger charge is 2.25. The lowest BCUT2D eigenvalue weighted by molar-refractivity contribution is -0.129. The fraction of sp³-hybridized carbons (Fsp3) is 0.279. The van der Waals surface area contributed by atoms with Crippen LogP contribution in [0.1, 0.15) is 42.4 Å². The van der Waals surface area contributed by atoms with Crippen molar-refractivity contribution in [2.24, 2.45) is 0 Å². The first kappa shape index (κ1) is 39.9. The van der Waals surface area contributed by atoms with Gasteiger partial charge < -0.3 is 40.5 Å². The number of nitrogens with zero attached hydrogens (tertiary/aromatic N) is 3. The molecule has 0 radical (unpaired) electrons. The molecule has 0 spiro atoms. The van der Waals surface area contributed by atoms with Crippen LogP contribution in [-0.4, -0.2) is 46.8 Å². The highest BCUT2D eigenvalue weighted by atomic mass is 19.1. The molecule has 12 heteroatoms. The third kappa shape index (κ3) is 10.2. The SMILES string of the molecule is C=C(CCCCCn1c(=C)ccc1=C)NCC(=C)NCC(=C)NCC(=C)NCC(=C)Nc1cc2cc3c(nc2cc1F)-c1cc(C)c(COC=O)c(=O)n1C3. The average molecular weight is 747 g/mol. The Hall–Kier alpha value is -6.30. The maximum Gasteiger partial charge on any atom is 0.293 e. The second kappa shape index (κ2) is 18.2. The molecule has 0 atom stereocenters. The Bertz CT molecular complexity index is 2290. The summed E-state index contributed by atoms with van der Waals surface area (Å²) in [6.45, 7) is 33.6.